The zero-order valence-electron chi connectivity index (χ0n) is 12.4. The Hall–Kier alpha value is -1.27. The fourth-order valence-corrected chi connectivity index (χ4v) is 5.02. The van der Waals surface area contributed by atoms with Crippen LogP contribution in [0.5, 0.6) is 5.75 Å². The van der Waals surface area contributed by atoms with Gasteiger partial charge in [-0.05, 0) is 18.6 Å². The van der Waals surface area contributed by atoms with Gasteiger partial charge in [0.15, 0.2) is 0 Å². The number of thioether (sulfide) groups is 1. The van der Waals surface area contributed by atoms with Crippen molar-refractivity contribution in [3.05, 3.63) is 24.5 Å². The van der Waals surface area contributed by atoms with E-state index in [-0.39, 0.29) is 22.7 Å². The SMILES string of the molecule is O=C([C@H]1CCOC1)N1CC2(C[C@@H](Oc3cccnc3)CS2)C1. The second-order valence-electron chi connectivity index (χ2n) is 6.38. The van der Waals surface area contributed by atoms with Crippen LogP contribution in [0.1, 0.15) is 12.8 Å². The second-order valence-corrected chi connectivity index (χ2v) is 7.87. The Morgan fingerprint density at radius 3 is 3.14 bits per heavy atom. The molecule has 1 spiro atoms. The van der Waals surface area contributed by atoms with Gasteiger partial charge >= 0.3 is 0 Å². The summed E-state index contributed by atoms with van der Waals surface area (Å²) in [5.74, 6) is 2.19. The normalized spacial score (nSPS) is 29.5. The lowest BCUT2D eigenvalue weighted by Crippen LogP contribution is -2.62. The van der Waals surface area contributed by atoms with Crippen molar-refractivity contribution in [2.24, 2.45) is 5.92 Å². The topological polar surface area (TPSA) is 51.7 Å². The number of carbonyl (C=O) groups excluding carboxylic acids is 1. The molecule has 0 aromatic carbocycles. The average Bonchev–Trinajstić information content (AvgIpc) is 3.16. The summed E-state index contributed by atoms with van der Waals surface area (Å²) in [5.41, 5.74) is 0. The summed E-state index contributed by atoms with van der Waals surface area (Å²) in [6.07, 6.45) is 5.62. The molecule has 22 heavy (non-hydrogen) atoms. The summed E-state index contributed by atoms with van der Waals surface area (Å²) in [5, 5.41) is 0. The number of aromatic nitrogens is 1. The summed E-state index contributed by atoms with van der Waals surface area (Å²) in [6.45, 7) is 3.05. The molecule has 0 unspecified atom stereocenters. The molecular weight excluding hydrogens is 300 g/mol. The highest BCUT2D eigenvalue weighted by Gasteiger charge is 2.52. The van der Waals surface area contributed by atoms with Crippen LogP contribution in [0.25, 0.3) is 0 Å². The van der Waals surface area contributed by atoms with E-state index in [1.54, 1.807) is 12.4 Å². The molecule has 3 aliphatic heterocycles. The number of ether oxygens (including phenoxy) is 2. The molecule has 0 radical (unpaired) electrons. The van der Waals surface area contributed by atoms with E-state index in [1.165, 1.54) is 0 Å². The highest BCUT2D eigenvalue weighted by molar-refractivity contribution is 8.01. The molecule has 0 N–H and O–H groups in total. The van der Waals surface area contributed by atoms with Crippen LogP contribution in [0.4, 0.5) is 0 Å². The Bertz CT molecular complexity index is 542. The summed E-state index contributed by atoms with van der Waals surface area (Å²) < 4.78 is 11.5. The first-order valence-electron chi connectivity index (χ1n) is 7.81. The highest BCUT2D eigenvalue weighted by atomic mass is 32.2. The van der Waals surface area contributed by atoms with E-state index < -0.39 is 0 Å². The van der Waals surface area contributed by atoms with Gasteiger partial charge < -0.3 is 14.4 Å². The van der Waals surface area contributed by atoms with Crippen molar-refractivity contribution in [2.45, 2.75) is 23.7 Å². The molecule has 1 amide bonds. The molecule has 2 atom stereocenters. The number of carbonyl (C=O) groups is 1. The van der Waals surface area contributed by atoms with Crippen LogP contribution in [0, 0.1) is 5.92 Å². The van der Waals surface area contributed by atoms with Crippen LogP contribution in [0.2, 0.25) is 0 Å². The van der Waals surface area contributed by atoms with Gasteiger partial charge in [-0.15, -0.1) is 11.8 Å². The van der Waals surface area contributed by atoms with Crippen molar-refractivity contribution in [3.8, 4) is 5.75 Å². The molecule has 0 saturated carbocycles. The average molecular weight is 320 g/mol. The fourth-order valence-electron chi connectivity index (χ4n) is 3.50. The van der Waals surface area contributed by atoms with Gasteiger partial charge in [0, 0.05) is 38.1 Å². The van der Waals surface area contributed by atoms with Gasteiger partial charge in [0.05, 0.1) is 23.5 Å². The fraction of sp³-hybridized carbons (Fsp3) is 0.625. The van der Waals surface area contributed by atoms with Gasteiger partial charge in [0.25, 0.3) is 0 Å². The number of nitrogens with zero attached hydrogens (tertiary/aromatic N) is 2. The van der Waals surface area contributed by atoms with Crippen LogP contribution in [0.15, 0.2) is 24.5 Å². The minimum atomic E-state index is 0.0891. The molecule has 3 fully saturated rings. The van der Waals surface area contributed by atoms with Gasteiger partial charge in [-0.1, -0.05) is 0 Å². The van der Waals surface area contributed by atoms with E-state index in [9.17, 15) is 4.79 Å². The standard InChI is InChI=1S/C16H20N2O3S/c19-15(12-3-5-20-8-12)18-10-16(11-18)6-14(9-22-16)21-13-2-1-4-17-7-13/h1-2,4,7,12,14H,3,5-6,8-11H2/t12-,14+/m0/s1. The van der Waals surface area contributed by atoms with Crippen molar-refractivity contribution in [2.75, 3.05) is 32.1 Å². The lowest BCUT2D eigenvalue weighted by atomic mass is 9.91. The van der Waals surface area contributed by atoms with Crippen LogP contribution < -0.4 is 4.74 Å². The van der Waals surface area contributed by atoms with Crippen LogP contribution in [0.3, 0.4) is 0 Å². The third-order valence-electron chi connectivity index (χ3n) is 4.66. The summed E-state index contributed by atoms with van der Waals surface area (Å²) in [6, 6.07) is 3.83. The zero-order chi connectivity index (χ0) is 15.0. The van der Waals surface area contributed by atoms with E-state index in [1.807, 2.05) is 28.8 Å². The molecule has 118 valence electrons. The van der Waals surface area contributed by atoms with Gasteiger partial charge in [0.1, 0.15) is 11.9 Å². The molecular formula is C16H20N2O3S. The molecule has 1 aromatic heterocycles. The Labute approximate surface area is 134 Å². The molecule has 1 aromatic rings. The first-order valence-corrected chi connectivity index (χ1v) is 8.80. The zero-order valence-corrected chi connectivity index (χ0v) is 13.3. The van der Waals surface area contributed by atoms with Gasteiger partial charge in [0.2, 0.25) is 5.91 Å². The summed E-state index contributed by atoms with van der Waals surface area (Å²) >= 11 is 1.95. The Balaban J connectivity index is 1.29. The monoisotopic (exact) mass is 320 g/mol. The second kappa shape index (κ2) is 5.74. The molecule has 5 nitrogen and oxygen atoms in total. The predicted octanol–water partition coefficient (Wildman–Crippen LogP) is 1.58. The van der Waals surface area contributed by atoms with Crippen LogP contribution >= 0.6 is 11.8 Å². The number of hydrogen-bond acceptors (Lipinski definition) is 5. The quantitative estimate of drug-likeness (QED) is 0.846. The maximum absolute atomic E-state index is 12.3. The first kappa shape index (κ1) is 14.3. The third kappa shape index (κ3) is 2.70. The number of pyridine rings is 1. The number of amides is 1. The third-order valence-corrected chi connectivity index (χ3v) is 6.24. The smallest absolute Gasteiger partial charge is 0.228 e. The summed E-state index contributed by atoms with van der Waals surface area (Å²) in [4.78, 5) is 18.4. The maximum Gasteiger partial charge on any atom is 0.228 e. The lowest BCUT2D eigenvalue weighted by molar-refractivity contribution is -0.141. The molecule has 4 heterocycles. The Kier molecular flexibility index (Phi) is 3.74. The van der Waals surface area contributed by atoms with Crippen LogP contribution in [-0.4, -0.2) is 58.7 Å². The summed E-state index contributed by atoms with van der Waals surface area (Å²) in [7, 11) is 0. The number of hydrogen-bond donors (Lipinski definition) is 0. The van der Waals surface area contributed by atoms with Gasteiger partial charge in [-0.25, -0.2) is 0 Å². The van der Waals surface area contributed by atoms with E-state index in [0.29, 0.717) is 6.61 Å². The predicted molar refractivity (Wildman–Crippen MR) is 84.0 cm³/mol. The molecule has 3 aliphatic rings. The van der Waals surface area contributed by atoms with Crippen molar-refractivity contribution < 1.29 is 14.3 Å². The van der Waals surface area contributed by atoms with Crippen molar-refractivity contribution in [1.82, 2.24) is 9.88 Å². The largest absolute Gasteiger partial charge is 0.488 e. The first-order chi connectivity index (χ1) is 10.7. The number of rotatable bonds is 3. The van der Waals surface area contributed by atoms with Crippen molar-refractivity contribution in [3.63, 3.8) is 0 Å². The molecule has 0 bridgehead atoms. The maximum atomic E-state index is 12.3. The molecule has 6 heteroatoms. The van der Waals surface area contributed by atoms with E-state index in [4.69, 9.17) is 9.47 Å². The van der Waals surface area contributed by atoms with E-state index in [0.717, 1.165) is 44.0 Å². The minimum absolute atomic E-state index is 0.0891. The van der Waals surface area contributed by atoms with Crippen molar-refractivity contribution >= 4 is 17.7 Å². The Morgan fingerprint density at radius 1 is 1.50 bits per heavy atom. The van der Waals surface area contributed by atoms with Gasteiger partial charge in [-0.3, -0.25) is 9.78 Å². The molecule has 3 saturated heterocycles. The molecule has 4 rings (SSSR count). The van der Waals surface area contributed by atoms with Gasteiger partial charge in [-0.2, -0.15) is 0 Å². The lowest BCUT2D eigenvalue weighted by Gasteiger charge is -2.48. The molecule has 0 aliphatic carbocycles. The Morgan fingerprint density at radius 2 is 2.41 bits per heavy atom. The number of likely N-dealkylation sites (tertiary alicyclic amines) is 1. The minimum Gasteiger partial charge on any atom is -0.488 e. The van der Waals surface area contributed by atoms with E-state index >= 15 is 0 Å². The van der Waals surface area contributed by atoms with Crippen LogP contribution in [-0.2, 0) is 9.53 Å². The highest BCUT2D eigenvalue weighted by Crippen LogP contribution is 2.46. The van der Waals surface area contributed by atoms with E-state index in [2.05, 4.69) is 4.98 Å². The van der Waals surface area contributed by atoms with Crippen molar-refractivity contribution in [1.29, 1.82) is 0 Å².